The van der Waals surface area contributed by atoms with Crippen molar-refractivity contribution in [3.63, 3.8) is 0 Å². The van der Waals surface area contributed by atoms with Crippen LogP contribution in [0, 0.1) is 5.82 Å². The molecule has 2 saturated heterocycles. The summed E-state index contributed by atoms with van der Waals surface area (Å²) in [5, 5.41) is 4.97. The molecule has 0 spiro atoms. The summed E-state index contributed by atoms with van der Waals surface area (Å²) in [5.74, 6) is 1.30. The molecule has 0 N–H and O–H groups in total. The van der Waals surface area contributed by atoms with Gasteiger partial charge in [0.25, 0.3) is 0 Å². The molecule has 0 radical (unpaired) electrons. The van der Waals surface area contributed by atoms with Crippen molar-refractivity contribution in [3.8, 4) is 22.8 Å². The van der Waals surface area contributed by atoms with Gasteiger partial charge < -0.3 is 14.5 Å². The maximum absolute atomic E-state index is 14.0. The van der Waals surface area contributed by atoms with E-state index in [4.69, 9.17) is 19.8 Å². The van der Waals surface area contributed by atoms with E-state index in [1.807, 2.05) is 47.0 Å². The number of imidazole rings is 1. The normalized spacial score (nSPS) is 17.7. The van der Waals surface area contributed by atoms with Crippen LogP contribution in [0.3, 0.4) is 0 Å². The minimum atomic E-state index is -0.216. The van der Waals surface area contributed by atoms with Gasteiger partial charge in [0.2, 0.25) is 5.95 Å². The maximum atomic E-state index is 14.0. The summed E-state index contributed by atoms with van der Waals surface area (Å²) in [5.41, 5.74) is 4.75. The second kappa shape index (κ2) is 10.0. The van der Waals surface area contributed by atoms with Crippen molar-refractivity contribution in [1.29, 1.82) is 0 Å². The number of halogens is 1. The number of aromatic nitrogens is 6. The fourth-order valence-electron chi connectivity index (χ4n) is 5.42. The minimum absolute atomic E-state index is 0.0810. The fourth-order valence-corrected chi connectivity index (χ4v) is 5.42. The number of benzene rings is 1. The van der Waals surface area contributed by atoms with Gasteiger partial charge in [0, 0.05) is 25.8 Å². The van der Waals surface area contributed by atoms with Crippen molar-refractivity contribution in [2.75, 3.05) is 42.6 Å². The molecular weight excluding hydrogens is 495 g/mol. The smallest absolute Gasteiger partial charge is 0.226 e. The van der Waals surface area contributed by atoms with E-state index in [0.717, 1.165) is 72.3 Å². The highest BCUT2D eigenvalue weighted by Gasteiger charge is 2.28. The molecule has 2 aliphatic rings. The van der Waals surface area contributed by atoms with E-state index in [1.165, 1.54) is 6.07 Å². The Hall–Kier alpha value is -4.44. The average molecular weight is 523 g/mol. The van der Waals surface area contributed by atoms with Crippen molar-refractivity contribution in [2.24, 2.45) is 0 Å². The number of rotatable bonds is 5. The highest BCUT2D eigenvalue weighted by molar-refractivity contribution is 5.65. The molecule has 9 nitrogen and oxygen atoms in total. The van der Waals surface area contributed by atoms with Gasteiger partial charge in [-0.2, -0.15) is 0 Å². The summed E-state index contributed by atoms with van der Waals surface area (Å²) in [6, 6.07) is 18.6. The molecule has 0 aliphatic carbocycles. The van der Waals surface area contributed by atoms with E-state index < -0.39 is 0 Å². The zero-order valence-electron chi connectivity index (χ0n) is 21.3. The third kappa shape index (κ3) is 4.57. The van der Waals surface area contributed by atoms with Gasteiger partial charge in [-0.1, -0.05) is 18.2 Å². The van der Waals surface area contributed by atoms with Gasteiger partial charge in [-0.05, 0) is 60.9 Å². The summed E-state index contributed by atoms with van der Waals surface area (Å²) in [6.45, 7) is 3.74. The summed E-state index contributed by atoms with van der Waals surface area (Å²) < 4.78 is 21.3. The van der Waals surface area contributed by atoms with Crippen LogP contribution in [0.15, 0.2) is 73.1 Å². The Kier molecular flexibility index (Phi) is 6.08. The SMILES string of the molecule is Fc1cccc(C2CCCN2c2ccc3ncc(-c4cccc(-c5ccnc(N6CCOCC6)n5)n4)n3n2)c1. The third-order valence-electron chi connectivity index (χ3n) is 7.34. The predicted octanol–water partition coefficient (Wildman–Crippen LogP) is 4.57. The van der Waals surface area contributed by atoms with Gasteiger partial charge in [-0.25, -0.2) is 28.8 Å². The molecule has 5 aromatic rings. The Labute approximate surface area is 224 Å². The summed E-state index contributed by atoms with van der Waals surface area (Å²) >= 11 is 0. The van der Waals surface area contributed by atoms with Crippen LogP contribution in [0.1, 0.15) is 24.4 Å². The molecule has 0 amide bonds. The Morgan fingerprint density at radius 3 is 2.59 bits per heavy atom. The molecule has 7 rings (SSSR count). The van der Waals surface area contributed by atoms with E-state index in [1.54, 1.807) is 24.5 Å². The second-order valence-corrected chi connectivity index (χ2v) is 9.76. The van der Waals surface area contributed by atoms with Gasteiger partial charge in [0.05, 0.1) is 42.5 Å². The molecule has 0 bridgehead atoms. The van der Waals surface area contributed by atoms with Crippen molar-refractivity contribution in [2.45, 2.75) is 18.9 Å². The number of fused-ring (bicyclic) bond motifs is 1. The van der Waals surface area contributed by atoms with Crippen LogP contribution in [0.25, 0.3) is 28.4 Å². The first-order chi connectivity index (χ1) is 19.2. The number of hydrogen-bond donors (Lipinski definition) is 0. The fraction of sp³-hybridized carbons (Fsp3) is 0.276. The standard InChI is InChI=1S/C29H27FN8O/c30-21-5-1-4-20(18-21)25-8-3-13-37(25)28-10-9-27-32-19-26(38(27)35-28)24-7-2-6-22(33-24)23-11-12-31-29(34-23)36-14-16-39-17-15-36/h1-2,4-7,9-12,18-19,25H,3,8,13-17H2. The molecule has 2 fully saturated rings. The van der Waals surface area contributed by atoms with Gasteiger partial charge in [0.15, 0.2) is 5.65 Å². The molecule has 1 aromatic carbocycles. The van der Waals surface area contributed by atoms with E-state index in [-0.39, 0.29) is 11.9 Å². The second-order valence-electron chi connectivity index (χ2n) is 9.76. The van der Waals surface area contributed by atoms with E-state index in [9.17, 15) is 4.39 Å². The van der Waals surface area contributed by atoms with Crippen LogP contribution in [-0.4, -0.2) is 62.4 Å². The number of ether oxygens (including phenoxy) is 1. The first kappa shape index (κ1) is 23.7. The summed E-state index contributed by atoms with van der Waals surface area (Å²) in [7, 11) is 0. The molecule has 39 heavy (non-hydrogen) atoms. The molecule has 0 saturated carbocycles. The molecule has 196 valence electrons. The first-order valence-electron chi connectivity index (χ1n) is 13.2. The van der Waals surface area contributed by atoms with Gasteiger partial charge in [-0.15, -0.1) is 5.10 Å². The number of nitrogens with zero attached hydrogens (tertiary/aromatic N) is 8. The Bertz CT molecular complexity index is 1630. The van der Waals surface area contributed by atoms with Crippen LogP contribution >= 0.6 is 0 Å². The van der Waals surface area contributed by atoms with Crippen LogP contribution < -0.4 is 9.80 Å². The maximum Gasteiger partial charge on any atom is 0.226 e. The lowest BCUT2D eigenvalue weighted by Crippen LogP contribution is -2.37. The number of pyridine rings is 1. The topological polar surface area (TPSA) is 84.6 Å². The monoisotopic (exact) mass is 522 g/mol. The lowest BCUT2D eigenvalue weighted by atomic mass is 10.0. The zero-order valence-corrected chi connectivity index (χ0v) is 21.3. The molecule has 10 heteroatoms. The van der Waals surface area contributed by atoms with Crippen LogP contribution in [0.4, 0.5) is 16.2 Å². The van der Waals surface area contributed by atoms with E-state index in [0.29, 0.717) is 19.2 Å². The molecule has 1 unspecified atom stereocenters. The Morgan fingerprint density at radius 1 is 0.846 bits per heavy atom. The minimum Gasteiger partial charge on any atom is -0.378 e. The molecule has 6 heterocycles. The van der Waals surface area contributed by atoms with Crippen molar-refractivity contribution in [1.82, 2.24) is 29.5 Å². The molecule has 2 aliphatic heterocycles. The zero-order chi connectivity index (χ0) is 26.2. The average Bonchev–Trinajstić information content (AvgIpc) is 3.65. The molecule has 1 atom stereocenters. The van der Waals surface area contributed by atoms with Crippen molar-refractivity contribution < 1.29 is 9.13 Å². The van der Waals surface area contributed by atoms with E-state index >= 15 is 0 Å². The molecule has 4 aromatic heterocycles. The largest absolute Gasteiger partial charge is 0.378 e. The van der Waals surface area contributed by atoms with Crippen LogP contribution in [-0.2, 0) is 4.74 Å². The van der Waals surface area contributed by atoms with Crippen molar-refractivity contribution in [3.05, 3.63) is 84.4 Å². The third-order valence-corrected chi connectivity index (χ3v) is 7.34. The number of hydrogen-bond acceptors (Lipinski definition) is 8. The lowest BCUT2D eigenvalue weighted by molar-refractivity contribution is 0.122. The van der Waals surface area contributed by atoms with Crippen molar-refractivity contribution >= 4 is 17.4 Å². The van der Waals surface area contributed by atoms with Gasteiger partial charge >= 0.3 is 0 Å². The number of morpholine rings is 1. The summed E-state index contributed by atoms with van der Waals surface area (Å²) in [6.07, 6.45) is 5.54. The lowest BCUT2D eigenvalue weighted by Gasteiger charge is -2.26. The summed E-state index contributed by atoms with van der Waals surface area (Å²) in [4.78, 5) is 23.1. The highest BCUT2D eigenvalue weighted by Crippen LogP contribution is 2.35. The van der Waals surface area contributed by atoms with E-state index in [2.05, 4.69) is 19.8 Å². The molecular formula is C29H27FN8O. The predicted molar refractivity (Wildman–Crippen MR) is 146 cm³/mol. The van der Waals surface area contributed by atoms with Crippen LogP contribution in [0.5, 0.6) is 0 Å². The first-order valence-corrected chi connectivity index (χ1v) is 13.2. The van der Waals surface area contributed by atoms with Crippen LogP contribution in [0.2, 0.25) is 0 Å². The Balaban J connectivity index is 1.22. The van der Waals surface area contributed by atoms with Gasteiger partial charge in [-0.3, -0.25) is 0 Å². The highest BCUT2D eigenvalue weighted by atomic mass is 19.1. The number of anilines is 2. The van der Waals surface area contributed by atoms with Gasteiger partial charge in [0.1, 0.15) is 17.3 Å². The Morgan fingerprint density at radius 2 is 1.69 bits per heavy atom. The quantitative estimate of drug-likeness (QED) is 0.332.